The third kappa shape index (κ3) is 5.69. The Balaban J connectivity index is 2.09. The average molecular weight is 418 g/mol. The molecule has 10 heteroatoms. The van der Waals surface area contributed by atoms with Gasteiger partial charge in [0.15, 0.2) is 0 Å². The zero-order valence-corrected chi connectivity index (χ0v) is 15.8. The van der Waals surface area contributed by atoms with Crippen LogP contribution in [0.5, 0.6) is 0 Å². The fourth-order valence-corrected chi connectivity index (χ4v) is 3.07. The maximum Gasteiger partial charge on any atom is 0.260 e. The Bertz CT molecular complexity index is 934. The summed E-state index contributed by atoms with van der Waals surface area (Å²) in [6, 6.07) is 9.66. The van der Waals surface area contributed by atoms with Crippen LogP contribution in [0.4, 0.5) is 10.1 Å². The molecule has 2 rings (SSSR count). The maximum atomic E-state index is 12.8. The number of amides is 1. The number of benzene rings is 2. The van der Waals surface area contributed by atoms with Crippen molar-refractivity contribution in [3.8, 4) is 0 Å². The van der Waals surface area contributed by atoms with E-state index in [0.717, 1.165) is 10.6 Å². The number of sulfonamides is 1. The van der Waals surface area contributed by atoms with E-state index in [9.17, 15) is 17.6 Å². The highest BCUT2D eigenvalue weighted by molar-refractivity contribution is 7.92. The molecule has 2 aromatic carbocycles. The van der Waals surface area contributed by atoms with Gasteiger partial charge in [0.05, 0.1) is 28.2 Å². The summed E-state index contributed by atoms with van der Waals surface area (Å²) in [5.74, 6) is -1.06. The topological polar surface area (TPSA) is 78.8 Å². The molecule has 0 saturated heterocycles. The van der Waals surface area contributed by atoms with E-state index in [4.69, 9.17) is 23.2 Å². The van der Waals surface area contributed by atoms with Crippen molar-refractivity contribution >= 4 is 51.0 Å². The number of carbonyl (C=O) groups excluding carboxylic acids is 1. The van der Waals surface area contributed by atoms with E-state index in [-0.39, 0.29) is 15.7 Å². The Morgan fingerprint density at radius 2 is 1.85 bits per heavy atom. The zero-order chi connectivity index (χ0) is 19.3. The van der Waals surface area contributed by atoms with Gasteiger partial charge in [0.25, 0.3) is 5.91 Å². The van der Waals surface area contributed by atoms with Gasteiger partial charge in [-0.3, -0.25) is 9.10 Å². The van der Waals surface area contributed by atoms with Crippen LogP contribution in [0, 0.1) is 5.82 Å². The van der Waals surface area contributed by atoms with E-state index in [1.54, 1.807) is 0 Å². The van der Waals surface area contributed by atoms with Gasteiger partial charge in [-0.25, -0.2) is 18.2 Å². The fraction of sp³-hybridized carbons (Fsp3) is 0.125. The number of nitrogens with one attached hydrogen (secondary N) is 1. The van der Waals surface area contributed by atoms with Gasteiger partial charge in [0.1, 0.15) is 12.4 Å². The Kier molecular flexibility index (Phi) is 6.57. The number of anilines is 1. The highest BCUT2D eigenvalue weighted by Crippen LogP contribution is 2.28. The Labute approximate surface area is 160 Å². The Morgan fingerprint density at radius 1 is 1.19 bits per heavy atom. The van der Waals surface area contributed by atoms with Crippen molar-refractivity contribution < 1.29 is 17.6 Å². The molecule has 0 atom stereocenters. The molecule has 2 aromatic rings. The largest absolute Gasteiger partial charge is 0.271 e. The van der Waals surface area contributed by atoms with Gasteiger partial charge in [-0.15, -0.1) is 0 Å². The molecule has 1 N–H and O–H groups in total. The minimum Gasteiger partial charge on any atom is -0.271 e. The second kappa shape index (κ2) is 8.48. The molecule has 0 spiro atoms. The first kappa shape index (κ1) is 20.2. The maximum absolute atomic E-state index is 12.8. The number of rotatable bonds is 6. The second-order valence-electron chi connectivity index (χ2n) is 5.21. The van der Waals surface area contributed by atoms with Crippen LogP contribution in [0.15, 0.2) is 47.6 Å². The summed E-state index contributed by atoms with van der Waals surface area (Å²) in [6.07, 6.45) is 2.27. The predicted molar refractivity (Wildman–Crippen MR) is 101 cm³/mol. The summed E-state index contributed by atoms with van der Waals surface area (Å²) >= 11 is 11.7. The highest BCUT2D eigenvalue weighted by Gasteiger charge is 2.21. The van der Waals surface area contributed by atoms with Gasteiger partial charge < -0.3 is 0 Å². The van der Waals surface area contributed by atoms with Crippen molar-refractivity contribution in [3.63, 3.8) is 0 Å². The Morgan fingerprint density at radius 3 is 2.42 bits per heavy atom. The van der Waals surface area contributed by atoms with Gasteiger partial charge in [-0.1, -0.05) is 35.3 Å². The average Bonchev–Trinajstić information content (AvgIpc) is 2.56. The van der Waals surface area contributed by atoms with Crippen LogP contribution < -0.4 is 9.73 Å². The molecular formula is C16H14Cl2FN3O3S. The van der Waals surface area contributed by atoms with Gasteiger partial charge in [0, 0.05) is 0 Å². The summed E-state index contributed by atoms with van der Waals surface area (Å²) < 4.78 is 37.7. The molecule has 1 amide bonds. The second-order valence-corrected chi connectivity index (χ2v) is 7.93. The fourth-order valence-electron chi connectivity index (χ4n) is 1.93. The lowest BCUT2D eigenvalue weighted by Crippen LogP contribution is -2.39. The molecule has 0 aliphatic rings. The number of hydrogen-bond acceptors (Lipinski definition) is 4. The SMILES string of the molecule is CS(=O)(=O)N(CC(=O)N/N=C/c1ccc(F)cc1)c1ccc(Cl)c(Cl)c1. The van der Waals surface area contributed by atoms with Crippen LogP contribution in [-0.2, 0) is 14.8 Å². The van der Waals surface area contributed by atoms with Crippen LogP contribution in [0.2, 0.25) is 10.0 Å². The van der Waals surface area contributed by atoms with Crippen molar-refractivity contribution in [2.45, 2.75) is 0 Å². The van der Waals surface area contributed by atoms with Gasteiger partial charge in [-0.2, -0.15) is 5.10 Å². The van der Waals surface area contributed by atoms with Gasteiger partial charge in [-0.05, 0) is 35.9 Å². The molecule has 0 radical (unpaired) electrons. The molecule has 26 heavy (non-hydrogen) atoms. The van der Waals surface area contributed by atoms with Crippen molar-refractivity contribution in [2.24, 2.45) is 5.10 Å². The first-order valence-corrected chi connectivity index (χ1v) is 9.77. The lowest BCUT2D eigenvalue weighted by Gasteiger charge is -2.21. The molecule has 0 unspecified atom stereocenters. The van der Waals surface area contributed by atoms with Crippen molar-refractivity contribution in [1.82, 2.24) is 5.43 Å². The number of nitrogens with zero attached hydrogens (tertiary/aromatic N) is 2. The lowest BCUT2D eigenvalue weighted by atomic mass is 10.2. The van der Waals surface area contributed by atoms with E-state index >= 15 is 0 Å². The summed E-state index contributed by atoms with van der Waals surface area (Å²) in [6.45, 7) is -0.502. The molecule has 0 heterocycles. The van der Waals surface area contributed by atoms with Crippen LogP contribution in [0.3, 0.4) is 0 Å². The van der Waals surface area contributed by atoms with E-state index in [1.165, 1.54) is 48.7 Å². The molecule has 0 saturated carbocycles. The van der Waals surface area contributed by atoms with Crippen molar-refractivity contribution in [2.75, 3.05) is 17.1 Å². The standard InChI is InChI=1S/C16H14Cl2FN3O3S/c1-26(24,25)22(13-6-7-14(17)15(18)8-13)10-16(23)21-20-9-11-2-4-12(19)5-3-11/h2-9H,10H2,1H3,(H,21,23)/b20-9+. The van der Waals surface area contributed by atoms with Crippen LogP contribution in [0.25, 0.3) is 0 Å². The van der Waals surface area contributed by atoms with Crippen molar-refractivity contribution in [3.05, 3.63) is 63.9 Å². The number of carbonyl (C=O) groups is 1. The first-order valence-electron chi connectivity index (χ1n) is 7.17. The molecular weight excluding hydrogens is 404 g/mol. The summed E-state index contributed by atoms with van der Waals surface area (Å²) in [5.41, 5.74) is 2.98. The van der Waals surface area contributed by atoms with E-state index in [0.29, 0.717) is 5.56 Å². The third-order valence-corrected chi connectivity index (χ3v) is 5.03. The highest BCUT2D eigenvalue weighted by atomic mass is 35.5. The zero-order valence-electron chi connectivity index (χ0n) is 13.5. The number of hydrazone groups is 1. The molecule has 0 aliphatic heterocycles. The monoisotopic (exact) mass is 417 g/mol. The lowest BCUT2D eigenvalue weighted by molar-refractivity contribution is -0.119. The molecule has 0 fully saturated rings. The van der Waals surface area contributed by atoms with E-state index in [2.05, 4.69) is 10.5 Å². The number of hydrogen-bond donors (Lipinski definition) is 1. The molecule has 0 aliphatic carbocycles. The first-order chi connectivity index (χ1) is 12.2. The van der Waals surface area contributed by atoms with Crippen LogP contribution >= 0.6 is 23.2 Å². The van der Waals surface area contributed by atoms with Gasteiger partial charge >= 0.3 is 0 Å². The molecule has 0 bridgehead atoms. The van der Waals surface area contributed by atoms with E-state index < -0.39 is 28.3 Å². The smallest absolute Gasteiger partial charge is 0.260 e. The minimum atomic E-state index is -3.75. The Hall–Kier alpha value is -2.16. The summed E-state index contributed by atoms with van der Waals surface area (Å²) in [7, 11) is -3.75. The summed E-state index contributed by atoms with van der Waals surface area (Å²) in [5, 5.41) is 4.14. The van der Waals surface area contributed by atoms with E-state index in [1.807, 2.05) is 0 Å². The van der Waals surface area contributed by atoms with Crippen molar-refractivity contribution in [1.29, 1.82) is 0 Å². The minimum absolute atomic E-state index is 0.160. The number of halogens is 3. The third-order valence-electron chi connectivity index (χ3n) is 3.15. The van der Waals surface area contributed by atoms with Crippen LogP contribution in [-0.4, -0.2) is 33.3 Å². The molecule has 6 nitrogen and oxygen atoms in total. The van der Waals surface area contributed by atoms with Crippen LogP contribution in [0.1, 0.15) is 5.56 Å². The molecule has 0 aromatic heterocycles. The normalized spacial score (nSPS) is 11.5. The quantitative estimate of drug-likeness (QED) is 0.579. The molecule has 138 valence electrons. The summed E-state index contributed by atoms with van der Waals surface area (Å²) in [4.78, 5) is 12.0. The van der Waals surface area contributed by atoms with Gasteiger partial charge in [0.2, 0.25) is 10.0 Å². The predicted octanol–water partition coefficient (Wildman–Crippen LogP) is 3.05.